The topological polar surface area (TPSA) is 18.5 Å². The Balaban J connectivity index is 2.05. The Bertz CT molecular complexity index is 490. The molecule has 0 unspecified atom stereocenters. The van der Waals surface area contributed by atoms with Crippen molar-refractivity contribution in [3.05, 3.63) is 22.7 Å². The van der Waals surface area contributed by atoms with E-state index in [1.807, 2.05) is 18.2 Å². The molecule has 3 heteroatoms. The van der Waals surface area contributed by atoms with Crippen molar-refractivity contribution in [3.8, 4) is 11.5 Å². The predicted molar refractivity (Wildman–Crippen MR) is 130 cm³/mol. The van der Waals surface area contributed by atoms with Gasteiger partial charge in [-0.2, -0.15) is 0 Å². The number of unbranched alkanes of at least 4 members (excludes halogenated alkanes) is 14. The third-order valence-corrected chi connectivity index (χ3v) is 6.05. The molecule has 0 bridgehead atoms. The smallest absolute Gasteiger partial charge is 0.133 e. The number of rotatable bonds is 20. The van der Waals surface area contributed by atoms with Gasteiger partial charge >= 0.3 is 0 Å². The van der Waals surface area contributed by atoms with Crippen molar-refractivity contribution in [3.63, 3.8) is 0 Å². The first-order valence-corrected chi connectivity index (χ1v) is 13.1. The van der Waals surface area contributed by atoms with Crippen LogP contribution in [0.25, 0.3) is 0 Å². The lowest BCUT2D eigenvalue weighted by Crippen LogP contribution is -2.00. The highest BCUT2D eigenvalue weighted by Gasteiger charge is 2.04. The van der Waals surface area contributed by atoms with Gasteiger partial charge in [-0.1, -0.05) is 104 Å². The Morgan fingerprint density at radius 3 is 1.52 bits per heavy atom. The quantitative estimate of drug-likeness (QED) is 0.177. The number of ether oxygens (including phenoxy) is 2. The SMILES string of the molecule is CCCCCCCCCCOc1ccc(OCCCCCCCCCC)c(Br)c1. The average Bonchev–Trinajstić information content (AvgIpc) is 2.72. The van der Waals surface area contributed by atoms with Gasteiger partial charge in [-0.3, -0.25) is 0 Å². The molecule has 0 spiro atoms. The molecule has 0 radical (unpaired) electrons. The maximum absolute atomic E-state index is 5.93. The van der Waals surface area contributed by atoms with E-state index in [0.29, 0.717) is 0 Å². The molecule has 1 rings (SSSR count). The largest absolute Gasteiger partial charge is 0.494 e. The highest BCUT2D eigenvalue weighted by Crippen LogP contribution is 2.29. The number of benzene rings is 1. The molecule has 0 fully saturated rings. The summed E-state index contributed by atoms with van der Waals surface area (Å²) in [6.07, 6.45) is 21.2. The third-order valence-electron chi connectivity index (χ3n) is 5.43. The Kier molecular flexibility index (Phi) is 17.5. The normalized spacial score (nSPS) is 11.0. The number of hydrogen-bond acceptors (Lipinski definition) is 2. The molecule has 2 nitrogen and oxygen atoms in total. The van der Waals surface area contributed by atoms with Crippen molar-refractivity contribution in [2.24, 2.45) is 0 Å². The van der Waals surface area contributed by atoms with Crippen molar-refractivity contribution in [1.29, 1.82) is 0 Å². The van der Waals surface area contributed by atoms with Crippen LogP contribution in [0.3, 0.4) is 0 Å². The number of hydrogen-bond donors (Lipinski definition) is 0. The summed E-state index contributed by atoms with van der Waals surface area (Å²) in [5, 5.41) is 0. The van der Waals surface area contributed by atoms with Crippen LogP contribution in [0.4, 0.5) is 0 Å². The van der Waals surface area contributed by atoms with Crippen LogP contribution in [-0.4, -0.2) is 13.2 Å². The van der Waals surface area contributed by atoms with Gasteiger partial charge in [0, 0.05) is 0 Å². The van der Waals surface area contributed by atoms with E-state index in [4.69, 9.17) is 9.47 Å². The Labute approximate surface area is 189 Å². The standard InChI is InChI=1S/C26H45BrO2/c1-3-5-7-9-11-13-15-17-21-28-24-19-20-26(25(27)23-24)29-22-18-16-14-12-10-8-6-4-2/h19-20,23H,3-18,21-22H2,1-2H3. The zero-order valence-corrected chi connectivity index (χ0v) is 20.7. The minimum atomic E-state index is 0.798. The molecule has 0 amide bonds. The zero-order chi connectivity index (χ0) is 21.0. The fraction of sp³-hybridized carbons (Fsp3) is 0.769. The summed E-state index contributed by atoms with van der Waals surface area (Å²) in [6.45, 7) is 6.14. The van der Waals surface area contributed by atoms with Gasteiger partial charge in [0.15, 0.2) is 0 Å². The molecular weight excluding hydrogens is 424 g/mol. The lowest BCUT2D eigenvalue weighted by Gasteiger charge is -2.11. The first-order chi connectivity index (χ1) is 14.3. The predicted octanol–water partition coefficient (Wildman–Crippen LogP) is 9.49. The van der Waals surface area contributed by atoms with Crippen LogP contribution in [0.5, 0.6) is 11.5 Å². The highest BCUT2D eigenvalue weighted by molar-refractivity contribution is 9.10. The summed E-state index contributed by atoms with van der Waals surface area (Å²) in [5.74, 6) is 1.85. The van der Waals surface area contributed by atoms with E-state index in [1.165, 1.54) is 89.9 Å². The molecule has 0 saturated carbocycles. The first kappa shape index (κ1) is 26.3. The van der Waals surface area contributed by atoms with Crippen LogP contribution in [-0.2, 0) is 0 Å². The molecule has 0 aliphatic carbocycles. The van der Waals surface area contributed by atoms with Gasteiger partial charge in [0.05, 0.1) is 17.7 Å². The Morgan fingerprint density at radius 2 is 1.03 bits per heavy atom. The van der Waals surface area contributed by atoms with Gasteiger partial charge in [0.1, 0.15) is 11.5 Å². The van der Waals surface area contributed by atoms with Crippen LogP contribution in [0.2, 0.25) is 0 Å². The Morgan fingerprint density at radius 1 is 0.586 bits per heavy atom. The van der Waals surface area contributed by atoms with Gasteiger partial charge in [0.2, 0.25) is 0 Å². The van der Waals surface area contributed by atoms with Gasteiger partial charge < -0.3 is 9.47 Å². The minimum absolute atomic E-state index is 0.798. The monoisotopic (exact) mass is 468 g/mol. The van der Waals surface area contributed by atoms with Crippen molar-refractivity contribution in [2.45, 2.75) is 117 Å². The molecule has 0 aromatic heterocycles. The maximum atomic E-state index is 5.93. The summed E-state index contributed by atoms with van der Waals surface area (Å²) >= 11 is 3.62. The van der Waals surface area contributed by atoms with E-state index in [2.05, 4.69) is 29.8 Å². The van der Waals surface area contributed by atoms with E-state index in [9.17, 15) is 0 Å². The van der Waals surface area contributed by atoms with Crippen molar-refractivity contribution >= 4 is 15.9 Å². The van der Waals surface area contributed by atoms with Crippen LogP contribution in [0.1, 0.15) is 117 Å². The molecule has 1 aromatic rings. The molecule has 0 saturated heterocycles. The first-order valence-electron chi connectivity index (χ1n) is 12.3. The molecule has 0 aliphatic heterocycles. The van der Waals surface area contributed by atoms with Crippen molar-refractivity contribution < 1.29 is 9.47 Å². The van der Waals surface area contributed by atoms with E-state index in [1.54, 1.807) is 0 Å². The third kappa shape index (κ3) is 14.9. The summed E-state index contributed by atoms with van der Waals surface area (Å²) in [4.78, 5) is 0. The molecular formula is C26H45BrO2. The highest BCUT2D eigenvalue weighted by atomic mass is 79.9. The van der Waals surface area contributed by atoms with Gasteiger partial charge in [0.25, 0.3) is 0 Å². The second kappa shape index (κ2) is 19.3. The summed E-state index contributed by atoms with van der Waals surface area (Å²) < 4.78 is 12.8. The van der Waals surface area contributed by atoms with Crippen LogP contribution in [0.15, 0.2) is 22.7 Å². The van der Waals surface area contributed by atoms with Crippen molar-refractivity contribution in [1.82, 2.24) is 0 Å². The lowest BCUT2D eigenvalue weighted by molar-refractivity contribution is 0.294. The summed E-state index contributed by atoms with van der Waals surface area (Å²) in [5.41, 5.74) is 0. The molecule has 29 heavy (non-hydrogen) atoms. The number of halogens is 1. The molecule has 0 N–H and O–H groups in total. The molecule has 0 aliphatic rings. The maximum Gasteiger partial charge on any atom is 0.133 e. The van der Waals surface area contributed by atoms with E-state index < -0.39 is 0 Å². The van der Waals surface area contributed by atoms with Gasteiger partial charge in [-0.25, -0.2) is 0 Å². The van der Waals surface area contributed by atoms with Crippen LogP contribution in [0, 0.1) is 0 Å². The zero-order valence-electron chi connectivity index (χ0n) is 19.2. The van der Waals surface area contributed by atoms with E-state index >= 15 is 0 Å². The van der Waals surface area contributed by atoms with Crippen LogP contribution >= 0.6 is 15.9 Å². The fourth-order valence-electron chi connectivity index (χ4n) is 3.53. The van der Waals surface area contributed by atoms with E-state index in [-0.39, 0.29) is 0 Å². The van der Waals surface area contributed by atoms with E-state index in [0.717, 1.165) is 42.0 Å². The molecule has 0 atom stereocenters. The van der Waals surface area contributed by atoms with Crippen molar-refractivity contribution in [2.75, 3.05) is 13.2 Å². The summed E-state index contributed by atoms with van der Waals surface area (Å²) in [6, 6.07) is 6.09. The lowest BCUT2D eigenvalue weighted by atomic mass is 10.1. The minimum Gasteiger partial charge on any atom is -0.494 e. The second-order valence-corrected chi connectivity index (χ2v) is 9.09. The molecule has 168 valence electrons. The fourth-order valence-corrected chi connectivity index (χ4v) is 4.00. The average molecular weight is 470 g/mol. The van der Waals surface area contributed by atoms with Crippen LogP contribution < -0.4 is 9.47 Å². The molecule has 0 heterocycles. The van der Waals surface area contributed by atoms with Gasteiger partial charge in [-0.15, -0.1) is 0 Å². The Hall–Kier alpha value is -0.700. The second-order valence-electron chi connectivity index (χ2n) is 8.24. The summed E-state index contributed by atoms with van der Waals surface area (Å²) in [7, 11) is 0. The van der Waals surface area contributed by atoms with Gasteiger partial charge in [-0.05, 0) is 47.0 Å². The molecule has 1 aromatic carbocycles.